The van der Waals surface area contributed by atoms with Gasteiger partial charge in [-0.1, -0.05) is 26.7 Å². The van der Waals surface area contributed by atoms with Crippen LogP contribution in [0.15, 0.2) is 0 Å². The van der Waals surface area contributed by atoms with Gasteiger partial charge in [-0.2, -0.15) is 0 Å². The summed E-state index contributed by atoms with van der Waals surface area (Å²) in [6.45, 7) is 7.50. The standard InChI is InChI=1S/C15H30N2O/c1-12-5-4-8-15(11-16,13(12)2)17(9-10-18-3)14-6-7-14/h12-14H,4-11,16H2,1-3H3. The van der Waals surface area contributed by atoms with E-state index in [4.69, 9.17) is 10.5 Å². The molecule has 2 aliphatic rings. The fraction of sp³-hybridized carbons (Fsp3) is 1.00. The van der Waals surface area contributed by atoms with Crippen molar-refractivity contribution in [2.75, 3.05) is 26.8 Å². The van der Waals surface area contributed by atoms with Crippen molar-refractivity contribution in [3.05, 3.63) is 0 Å². The number of nitrogens with two attached hydrogens (primary N) is 1. The first-order chi connectivity index (χ1) is 8.65. The average Bonchev–Trinajstić information content (AvgIpc) is 3.19. The van der Waals surface area contributed by atoms with Crippen molar-refractivity contribution in [1.29, 1.82) is 0 Å². The molecule has 2 rings (SSSR count). The first-order valence-corrected chi connectivity index (χ1v) is 7.61. The second kappa shape index (κ2) is 5.89. The Morgan fingerprint density at radius 2 is 2.00 bits per heavy atom. The van der Waals surface area contributed by atoms with Crippen molar-refractivity contribution < 1.29 is 4.74 Å². The Hall–Kier alpha value is -0.120. The molecule has 0 spiro atoms. The predicted octanol–water partition coefficient (Wildman–Crippen LogP) is 2.25. The summed E-state index contributed by atoms with van der Waals surface area (Å²) >= 11 is 0. The highest BCUT2D eigenvalue weighted by atomic mass is 16.5. The predicted molar refractivity (Wildman–Crippen MR) is 75.6 cm³/mol. The van der Waals surface area contributed by atoms with Crippen molar-refractivity contribution in [2.24, 2.45) is 17.6 Å². The molecule has 2 fully saturated rings. The first kappa shape index (κ1) is 14.3. The number of rotatable bonds is 6. The number of nitrogens with zero attached hydrogens (tertiary/aromatic N) is 1. The fourth-order valence-electron chi connectivity index (χ4n) is 3.89. The highest BCUT2D eigenvalue weighted by Gasteiger charge is 2.49. The second-order valence-corrected chi connectivity index (χ2v) is 6.38. The molecule has 2 N–H and O–H groups in total. The van der Waals surface area contributed by atoms with Gasteiger partial charge in [-0.05, 0) is 31.1 Å². The molecule has 2 saturated carbocycles. The van der Waals surface area contributed by atoms with E-state index in [0.717, 1.165) is 31.7 Å². The molecule has 3 unspecified atom stereocenters. The van der Waals surface area contributed by atoms with Crippen molar-refractivity contribution in [2.45, 2.75) is 57.5 Å². The van der Waals surface area contributed by atoms with Gasteiger partial charge >= 0.3 is 0 Å². The zero-order valence-corrected chi connectivity index (χ0v) is 12.3. The number of hydrogen-bond acceptors (Lipinski definition) is 3. The van der Waals surface area contributed by atoms with Gasteiger partial charge in [-0.25, -0.2) is 0 Å². The topological polar surface area (TPSA) is 38.5 Å². The van der Waals surface area contributed by atoms with E-state index in [1.54, 1.807) is 7.11 Å². The van der Waals surface area contributed by atoms with Crippen LogP contribution in [0, 0.1) is 11.8 Å². The molecule has 3 nitrogen and oxygen atoms in total. The Bertz CT molecular complexity index is 267. The molecule has 106 valence electrons. The molecule has 0 radical (unpaired) electrons. The fourth-order valence-corrected chi connectivity index (χ4v) is 3.89. The van der Waals surface area contributed by atoms with E-state index in [1.165, 1.54) is 32.1 Å². The summed E-state index contributed by atoms with van der Waals surface area (Å²) in [6, 6.07) is 0.774. The molecular formula is C15H30N2O. The lowest BCUT2D eigenvalue weighted by atomic mass is 9.67. The van der Waals surface area contributed by atoms with Gasteiger partial charge in [-0.15, -0.1) is 0 Å². The van der Waals surface area contributed by atoms with Crippen LogP contribution in [0.1, 0.15) is 46.0 Å². The molecule has 3 atom stereocenters. The monoisotopic (exact) mass is 254 g/mol. The minimum absolute atomic E-state index is 0.233. The van der Waals surface area contributed by atoms with E-state index in [2.05, 4.69) is 18.7 Å². The largest absolute Gasteiger partial charge is 0.383 e. The smallest absolute Gasteiger partial charge is 0.0590 e. The zero-order chi connectivity index (χ0) is 13.2. The highest BCUT2D eigenvalue weighted by Crippen LogP contribution is 2.45. The van der Waals surface area contributed by atoms with Crippen LogP contribution in [0.3, 0.4) is 0 Å². The lowest BCUT2D eigenvalue weighted by molar-refractivity contribution is -0.0283. The zero-order valence-electron chi connectivity index (χ0n) is 12.3. The number of methoxy groups -OCH3 is 1. The minimum Gasteiger partial charge on any atom is -0.383 e. The van der Waals surface area contributed by atoms with Crippen LogP contribution >= 0.6 is 0 Å². The lowest BCUT2D eigenvalue weighted by Gasteiger charge is -2.52. The maximum atomic E-state index is 6.25. The van der Waals surface area contributed by atoms with Crippen LogP contribution in [0.5, 0.6) is 0 Å². The van der Waals surface area contributed by atoms with Crippen molar-refractivity contribution in [3.8, 4) is 0 Å². The normalized spacial score (nSPS) is 37.2. The van der Waals surface area contributed by atoms with Crippen molar-refractivity contribution in [3.63, 3.8) is 0 Å². The molecule has 0 aromatic heterocycles. The summed E-state index contributed by atoms with van der Waals surface area (Å²) in [5.74, 6) is 1.50. The summed E-state index contributed by atoms with van der Waals surface area (Å²) in [7, 11) is 1.80. The van der Waals surface area contributed by atoms with Crippen molar-refractivity contribution in [1.82, 2.24) is 4.90 Å². The van der Waals surface area contributed by atoms with E-state index in [-0.39, 0.29) is 5.54 Å². The van der Waals surface area contributed by atoms with E-state index in [1.807, 2.05) is 0 Å². The van der Waals surface area contributed by atoms with E-state index in [9.17, 15) is 0 Å². The van der Waals surface area contributed by atoms with E-state index < -0.39 is 0 Å². The number of hydrogen-bond donors (Lipinski definition) is 1. The van der Waals surface area contributed by atoms with Gasteiger partial charge in [0.05, 0.1) is 6.61 Å². The lowest BCUT2D eigenvalue weighted by Crippen LogP contribution is -2.62. The van der Waals surface area contributed by atoms with Crippen LogP contribution in [0.4, 0.5) is 0 Å². The quantitative estimate of drug-likeness (QED) is 0.790. The third-order valence-electron chi connectivity index (χ3n) is 5.42. The average molecular weight is 254 g/mol. The molecule has 0 bridgehead atoms. The van der Waals surface area contributed by atoms with Gasteiger partial charge in [0.1, 0.15) is 0 Å². The first-order valence-electron chi connectivity index (χ1n) is 7.61. The molecule has 0 amide bonds. The Labute approximate surface area is 112 Å². The molecule has 18 heavy (non-hydrogen) atoms. The Morgan fingerprint density at radius 1 is 1.28 bits per heavy atom. The SMILES string of the molecule is COCCN(C1CC1)C1(CN)CCCC(C)C1C. The molecular weight excluding hydrogens is 224 g/mol. The van der Waals surface area contributed by atoms with Gasteiger partial charge in [0, 0.05) is 31.8 Å². The molecule has 0 aromatic rings. The third-order valence-corrected chi connectivity index (χ3v) is 5.42. The number of ether oxygens (including phenoxy) is 1. The molecule has 0 aromatic carbocycles. The van der Waals surface area contributed by atoms with E-state index in [0.29, 0.717) is 5.92 Å². The summed E-state index contributed by atoms with van der Waals surface area (Å²) < 4.78 is 5.31. The Balaban J connectivity index is 2.16. The summed E-state index contributed by atoms with van der Waals surface area (Å²) in [5.41, 5.74) is 6.48. The minimum atomic E-state index is 0.233. The van der Waals surface area contributed by atoms with Gasteiger partial charge in [0.25, 0.3) is 0 Å². The van der Waals surface area contributed by atoms with Crippen LogP contribution in [-0.4, -0.2) is 43.3 Å². The molecule has 0 aliphatic heterocycles. The maximum absolute atomic E-state index is 6.25. The Kier molecular flexibility index (Phi) is 4.68. The van der Waals surface area contributed by atoms with Gasteiger partial charge in [0.15, 0.2) is 0 Å². The van der Waals surface area contributed by atoms with Gasteiger partial charge in [-0.3, -0.25) is 4.90 Å². The molecule has 0 heterocycles. The van der Waals surface area contributed by atoms with Crippen molar-refractivity contribution >= 4 is 0 Å². The summed E-state index contributed by atoms with van der Waals surface area (Å²) in [5, 5.41) is 0. The summed E-state index contributed by atoms with van der Waals surface area (Å²) in [6.07, 6.45) is 6.68. The van der Waals surface area contributed by atoms with E-state index >= 15 is 0 Å². The Morgan fingerprint density at radius 3 is 2.56 bits per heavy atom. The summed E-state index contributed by atoms with van der Waals surface area (Å²) in [4.78, 5) is 2.71. The van der Waals surface area contributed by atoms with Gasteiger partial charge < -0.3 is 10.5 Å². The highest BCUT2D eigenvalue weighted by molar-refractivity contribution is 5.04. The van der Waals surface area contributed by atoms with Crippen LogP contribution < -0.4 is 5.73 Å². The molecule has 0 saturated heterocycles. The maximum Gasteiger partial charge on any atom is 0.0590 e. The molecule has 2 aliphatic carbocycles. The molecule has 3 heteroatoms. The van der Waals surface area contributed by atoms with Crippen LogP contribution in [0.2, 0.25) is 0 Å². The van der Waals surface area contributed by atoms with Gasteiger partial charge in [0.2, 0.25) is 0 Å². The third kappa shape index (κ3) is 2.59. The van der Waals surface area contributed by atoms with Crippen LogP contribution in [0.25, 0.3) is 0 Å². The second-order valence-electron chi connectivity index (χ2n) is 6.38. The van der Waals surface area contributed by atoms with Crippen LogP contribution in [-0.2, 0) is 4.74 Å².